The van der Waals surface area contributed by atoms with Crippen LogP contribution in [-0.4, -0.2) is 15.2 Å². The van der Waals surface area contributed by atoms with E-state index in [0.717, 1.165) is 26.9 Å². The molecule has 94 valence electrons. The molecule has 0 aliphatic rings. The number of aromatic nitrogens is 3. The summed E-state index contributed by atoms with van der Waals surface area (Å²) in [5.74, 6) is 0.478. The van der Waals surface area contributed by atoms with Gasteiger partial charge in [0.2, 0.25) is 0 Å². The van der Waals surface area contributed by atoms with Crippen molar-refractivity contribution < 1.29 is 0 Å². The van der Waals surface area contributed by atoms with Gasteiger partial charge in [0.25, 0.3) is 0 Å². The number of benzene rings is 1. The van der Waals surface area contributed by atoms with Crippen LogP contribution in [-0.2, 0) is 0 Å². The molecule has 2 heterocycles. The van der Waals surface area contributed by atoms with Crippen molar-refractivity contribution in [3.63, 3.8) is 0 Å². The van der Waals surface area contributed by atoms with Crippen molar-refractivity contribution in [1.29, 1.82) is 0 Å². The van der Waals surface area contributed by atoms with E-state index in [1.54, 1.807) is 12.4 Å². The van der Waals surface area contributed by atoms with Crippen LogP contribution in [0.5, 0.6) is 0 Å². The van der Waals surface area contributed by atoms with Gasteiger partial charge in [0.05, 0.1) is 11.3 Å². The number of pyridine rings is 1. The number of nitrogens with one attached hydrogen (secondary N) is 1. The van der Waals surface area contributed by atoms with E-state index in [0.29, 0.717) is 5.82 Å². The van der Waals surface area contributed by atoms with Gasteiger partial charge in [-0.1, -0.05) is 34.1 Å². The molecule has 0 amide bonds. The Hall–Kier alpha value is -2.14. The molecular formula is C14H11BrN4. The Kier molecular flexibility index (Phi) is 3.05. The maximum atomic E-state index is 5.96. The summed E-state index contributed by atoms with van der Waals surface area (Å²) in [5, 5.41) is 7.10. The van der Waals surface area contributed by atoms with Crippen molar-refractivity contribution >= 4 is 21.7 Å². The fourth-order valence-electron chi connectivity index (χ4n) is 1.98. The molecule has 3 aromatic rings. The predicted molar refractivity (Wildman–Crippen MR) is 79.4 cm³/mol. The number of halogens is 1. The van der Waals surface area contributed by atoms with Crippen molar-refractivity contribution in [2.24, 2.45) is 0 Å². The number of hydrogen-bond acceptors (Lipinski definition) is 3. The monoisotopic (exact) mass is 314 g/mol. The van der Waals surface area contributed by atoms with Gasteiger partial charge in [-0.3, -0.25) is 10.1 Å². The van der Waals surface area contributed by atoms with Crippen LogP contribution >= 0.6 is 15.9 Å². The molecule has 0 radical (unpaired) electrons. The molecule has 0 saturated heterocycles. The van der Waals surface area contributed by atoms with Gasteiger partial charge >= 0.3 is 0 Å². The lowest BCUT2D eigenvalue weighted by atomic mass is 10.0. The average molecular weight is 315 g/mol. The van der Waals surface area contributed by atoms with Crippen molar-refractivity contribution in [2.75, 3.05) is 5.73 Å². The Morgan fingerprint density at radius 1 is 1.05 bits per heavy atom. The van der Waals surface area contributed by atoms with E-state index >= 15 is 0 Å². The second kappa shape index (κ2) is 4.85. The molecule has 0 aliphatic carbocycles. The van der Waals surface area contributed by atoms with Crippen LogP contribution in [0, 0.1) is 0 Å². The fraction of sp³-hybridized carbons (Fsp3) is 0. The lowest BCUT2D eigenvalue weighted by Crippen LogP contribution is -1.89. The summed E-state index contributed by atoms with van der Waals surface area (Å²) in [6, 6.07) is 11.8. The number of rotatable bonds is 2. The van der Waals surface area contributed by atoms with Gasteiger partial charge in [-0.25, -0.2) is 0 Å². The highest BCUT2D eigenvalue weighted by molar-refractivity contribution is 9.10. The second-order valence-corrected chi connectivity index (χ2v) is 5.02. The first-order valence-electron chi connectivity index (χ1n) is 5.76. The van der Waals surface area contributed by atoms with Crippen LogP contribution in [0.1, 0.15) is 0 Å². The highest BCUT2D eigenvalue weighted by Crippen LogP contribution is 2.34. The Bertz CT molecular complexity index is 689. The summed E-state index contributed by atoms with van der Waals surface area (Å²) in [5.41, 5.74) is 9.73. The predicted octanol–water partition coefficient (Wildman–Crippen LogP) is 3.48. The minimum absolute atomic E-state index is 0.478. The van der Waals surface area contributed by atoms with E-state index < -0.39 is 0 Å². The van der Waals surface area contributed by atoms with E-state index in [9.17, 15) is 0 Å². The Labute approximate surface area is 118 Å². The Morgan fingerprint density at radius 2 is 1.84 bits per heavy atom. The molecule has 0 unspecified atom stereocenters. The van der Waals surface area contributed by atoms with Crippen LogP contribution in [0.25, 0.3) is 22.4 Å². The summed E-state index contributed by atoms with van der Waals surface area (Å²) in [6.07, 6.45) is 3.52. The van der Waals surface area contributed by atoms with E-state index in [1.807, 2.05) is 36.4 Å². The molecule has 1 aromatic carbocycles. The third kappa shape index (κ3) is 2.24. The minimum atomic E-state index is 0.478. The summed E-state index contributed by atoms with van der Waals surface area (Å²) < 4.78 is 1.03. The second-order valence-electron chi connectivity index (χ2n) is 4.11. The van der Waals surface area contributed by atoms with Crippen molar-refractivity contribution in [2.45, 2.75) is 0 Å². The maximum absolute atomic E-state index is 5.96. The average Bonchev–Trinajstić information content (AvgIpc) is 2.82. The summed E-state index contributed by atoms with van der Waals surface area (Å²) in [6.45, 7) is 0. The van der Waals surface area contributed by atoms with E-state index in [2.05, 4.69) is 31.1 Å². The van der Waals surface area contributed by atoms with Gasteiger partial charge < -0.3 is 5.73 Å². The first-order chi connectivity index (χ1) is 9.25. The first-order valence-corrected chi connectivity index (χ1v) is 6.55. The van der Waals surface area contributed by atoms with Gasteiger partial charge in [0.1, 0.15) is 0 Å². The number of nitrogens with zero attached hydrogens (tertiary/aromatic N) is 2. The van der Waals surface area contributed by atoms with Crippen LogP contribution in [0.2, 0.25) is 0 Å². The van der Waals surface area contributed by atoms with Gasteiger partial charge in [-0.15, -0.1) is 0 Å². The number of anilines is 1. The Morgan fingerprint density at radius 3 is 2.53 bits per heavy atom. The molecule has 3 N–H and O–H groups in total. The third-order valence-corrected chi connectivity index (χ3v) is 3.41. The van der Waals surface area contributed by atoms with Gasteiger partial charge in [0.15, 0.2) is 5.82 Å². The topological polar surface area (TPSA) is 67.6 Å². The molecule has 0 atom stereocenters. The SMILES string of the molecule is Nc1n[nH]c(-c2ccc(Br)cc2)c1-c1cccnc1. The zero-order valence-electron chi connectivity index (χ0n) is 9.97. The molecule has 0 spiro atoms. The zero-order valence-corrected chi connectivity index (χ0v) is 11.6. The molecule has 5 heteroatoms. The number of aromatic amines is 1. The number of H-pyrrole nitrogens is 1. The minimum Gasteiger partial charge on any atom is -0.382 e. The maximum Gasteiger partial charge on any atom is 0.153 e. The highest BCUT2D eigenvalue weighted by atomic mass is 79.9. The van der Waals surface area contributed by atoms with Gasteiger partial charge in [-0.05, 0) is 18.2 Å². The van der Waals surface area contributed by atoms with Crippen molar-refractivity contribution in [1.82, 2.24) is 15.2 Å². The number of nitrogen functional groups attached to an aromatic ring is 1. The summed E-state index contributed by atoms with van der Waals surface area (Å²) in [4.78, 5) is 4.13. The molecule has 19 heavy (non-hydrogen) atoms. The van der Waals surface area contributed by atoms with Crippen molar-refractivity contribution in [3.8, 4) is 22.4 Å². The van der Waals surface area contributed by atoms with Gasteiger partial charge in [-0.2, -0.15) is 5.10 Å². The summed E-state index contributed by atoms with van der Waals surface area (Å²) >= 11 is 3.43. The normalized spacial score (nSPS) is 10.6. The van der Waals surface area contributed by atoms with E-state index in [4.69, 9.17) is 5.73 Å². The first kappa shape index (κ1) is 11.9. The molecule has 3 rings (SSSR count). The van der Waals surface area contributed by atoms with E-state index in [1.165, 1.54) is 0 Å². The lowest BCUT2D eigenvalue weighted by molar-refractivity contribution is 1.10. The number of hydrogen-bond donors (Lipinski definition) is 2. The van der Waals surface area contributed by atoms with Crippen LogP contribution < -0.4 is 5.73 Å². The lowest BCUT2D eigenvalue weighted by Gasteiger charge is -2.04. The fourth-order valence-corrected chi connectivity index (χ4v) is 2.25. The molecule has 0 saturated carbocycles. The standard InChI is InChI=1S/C14H11BrN4/c15-11-5-3-9(4-6-11)13-12(14(16)19-18-13)10-2-1-7-17-8-10/h1-8H,(H3,16,18,19). The van der Waals surface area contributed by atoms with Crippen LogP contribution in [0.15, 0.2) is 53.3 Å². The van der Waals surface area contributed by atoms with Crippen LogP contribution in [0.4, 0.5) is 5.82 Å². The molecule has 4 nitrogen and oxygen atoms in total. The molecule has 0 bridgehead atoms. The highest BCUT2D eigenvalue weighted by Gasteiger charge is 2.14. The van der Waals surface area contributed by atoms with Crippen molar-refractivity contribution in [3.05, 3.63) is 53.3 Å². The largest absolute Gasteiger partial charge is 0.382 e. The summed E-state index contributed by atoms with van der Waals surface area (Å²) in [7, 11) is 0. The molecule has 0 fully saturated rings. The number of nitrogens with two attached hydrogens (primary N) is 1. The van der Waals surface area contributed by atoms with Crippen LogP contribution in [0.3, 0.4) is 0 Å². The third-order valence-electron chi connectivity index (χ3n) is 2.88. The van der Waals surface area contributed by atoms with E-state index in [-0.39, 0.29) is 0 Å². The quantitative estimate of drug-likeness (QED) is 0.761. The Balaban J connectivity index is 2.16. The van der Waals surface area contributed by atoms with Gasteiger partial charge in [0, 0.05) is 28.0 Å². The smallest absolute Gasteiger partial charge is 0.153 e. The zero-order chi connectivity index (χ0) is 13.2. The molecule has 0 aliphatic heterocycles. The molecule has 2 aromatic heterocycles. The molecular weight excluding hydrogens is 304 g/mol.